The Morgan fingerprint density at radius 3 is 2.63 bits per heavy atom. The van der Waals surface area contributed by atoms with Crippen LogP contribution in [0.3, 0.4) is 0 Å². The number of hydrogen-bond donors (Lipinski definition) is 1. The van der Waals surface area contributed by atoms with Gasteiger partial charge in [-0.05, 0) is 54.7 Å². The number of nitrogens with one attached hydrogen (secondary N) is 1. The molecule has 0 atom stereocenters. The molecule has 2 amide bonds. The van der Waals surface area contributed by atoms with E-state index < -0.39 is 0 Å². The summed E-state index contributed by atoms with van der Waals surface area (Å²) in [4.78, 5) is 14.2. The first-order valence-corrected chi connectivity index (χ1v) is 9.40. The number of rotatable bonds is 5. The number of urea groups is 1. The standard InChI is InChI=1S/C21H22ClN3O2/c22-19-2-1-3-20(12-19)24-21(26)25-10-8-18(9-11-25)15-27-14-17-6-4-16(13-23)5-7-17/h1-7,12,18H,8-11,14-15H2,(H,24,26). The van der Waals surface area contributed by atoms with E-state index in [0.29, 0.717) is 35.4 Å². The summed E-state index contributed by atoms with van der Waals surface area (Å²) in [6.07, 6.45) is 1.85. The Morgan fingerprint density at radius 1 is 1.22 bits per heavy atom. The Kier molecular flexibility index (Phi) is 6.69. The molecule has 0 aliphatic carbocycles. The highest BCUT2D eigenvalue weighted by Crippen LogP contribution is 2.20. The summed E-state index contributed by atoms with van der Waals surface area (Å²) in [6, 6.07) is 16.6. The summed E-state index contributed by atoms with van der Waals surface area (Å²) in [5.41, 5.74) is 2.43. The summed E-state index contributed by atoms with van der Waals surface area (Å²) in [5.74, 6) is 0.457. The molecular formula is C21H22ClN3O2. The van der Waals surface area contributed by atoms with E-state index in [1.54, 1.807) is 24.3 Å². The van der Waals surface area contributed by atoms with Gasteiger partial charge in [0.1, 0.15) is 0 Å². The van der Waals surface area contributed by atoms with Crippen molar-refractivity contribution in [1.82, 2.24) is 4.90 Å². The van der Waals surface area contributed by atoms with Crippen molar-refractivity contribution in [2.24, 2.45) is 5.92 Å². The molecular weight excluding hydrogens is 362 g/mol. The van der Waals surface area contributed by atoms with Gasteiger partial charge in [0.15, 0.2) is 0 Å². The third-order valence-electron chi connectivity index (χ3n) is 4.68. The van der Waals surface area contributed by atoms with Gasteiger partial charge in [0.25, 0.3) is 0 Å². The maximum absolute atomic E-state index is 12.4. The third-order valence-corrected chi connectivity index (χ3v) is 4.92. The Labute approximate surface area is 164 Å². The molecule has 2 aromatic rings. The molecule has 1 N–H and O–H groups in total. The topological polar surface area (TPSA) is 65.4 Å². The Balaban J connectivity index is 1.38. The number of likely N-dealkylation sites (tertiary alicyclic amines) is 1. The van der Waals surface area contributed by atoms with Gasteiger partial charge in [-0.1, -0.05) is 29.8 Å². The van der Waals surface area contributed by atoms with Crippen molar-refractivity contribution < 1.29 is 9.53 Å². The number of benzene rings is 2. The number of nitrogens with zero attached hydrogens (tertiary/aromatic N) is 2. The molecule has 0 bridgehead atoms. The largest absolute Gasteiger partial charge is 0.376 e. The zero-order chi connectivity index (χ0) is 19.1. The van der Waals surface area contributed by atoms with E-state index in [4.69, 9.17) is 21.6 Å². The molecule has 2 aromatic carbocycles. The van der Waals surface area contributed by atoms with Crippen LogP contribution in [-0.4, -0.2) is 30.6 Å². The van der Waals surface area contributed by atoms with E-state index in [9.17, 15) is 4.79 Å². The van der Waals surface area contributed by atoms with Gasteiger partial charge in [-0.15, -0.1) is 0 Å². The molecule has 1 saturated heterocycles. The van der Waals surface area contributed by atoms with Gasteiger partial charge in [0.05, 0.1) is 18.2 Å². The van der Waals surface area contributed by atoms with Crippen LogP contribution in [0.25, 0.3) is 0 Å². The van der Waals surface area contributed by atoms with Crippen LogP contribution >= 0.6 is 11.6 Å². The van der Waals surface area contributed by atoms with Crippen molar-refractivity contribution in [2.45, 2.75) is 19.4 Å². The molecule has 0 radical (unpaired) electrons. The fourth-order valence-corrected chi connectivity index (χ4v) is 3.28. The number of hydrogen-bond acceptors (Lipinski definition) is 3. The van der Waals surface area contributed by atoms with Crippen molar-refractivity contribution >= 4 is 23.3 Å². The van der Waals surface area contributed by atoms with E-state index >= 15 is 0 Å². The second-order valence-electron chi connectivity index (χ2n) is 6.69. The summed E-state index contributed by atoms with van der Waals surface area (Å²) >= 11 is 5.95. The van der Waals surface area contributed by atoms with Crippen molar-refractivity contribution in [2.75, 3.05) is 25.0 Å². The zero-order valence-corrected chi connectivity index (χ0v) is 15.8. The number of nitriles is 1. The van der Waals surface area contributed by atoms with Crippen LogP contribution in [0.15, 0.2) is 48.5 Å². The molecule has 140 valence electrons. The first kappa shape index (κ1) is 19.2. The lowest BCUT2D eigenvalue weighted by atomic mass is 9.98. The summed E-state index contributed by atoms with van der Waals surface area (Å²) < 4.78 is 5.82. The smallest absolute Gasteiger partial charge is 0.321 e. The monoisotopic (exact) mass is 383 g/mol. The number of piperidine rings is 1. The summed E-state index contributed by atoms with van der Waals surface area (Å²) in [6.45, 7) is 2.67. The molecule has 0 saturated carbocycles. The van der Waals surface area contributed by atoms with Crippen molar-refractivity contribution in [3.05, 3.63) is 64.7 Å². The first-order chi connectivity index (χ1) is 13.1. The van der Waals surface area contributed by atoms with Crippen LogP contribution in [-0.2, 0) is 11.3 Å². The number of amides is 2. The molecule has 1 fully saturated rings. The van der Waals surface area contributed by atoms with Crippen LogP contribution in [0, 0.1) is 17.2 Å². The van der Waals surface area contributed by atoms with Gasteiger partial charge in [0.2, 0.25) is 0 Å². The summed E-state index contributed by atoms with van der Waals surface area (Å²) in [7, 11) is 0. The first-order valence-electron chi connectivity index (χ1n) is 9.02. The van der Waals surface area contributed by atoms with Gasteiger partial charge in [0, 0.05) is 30.4 Å². The maximum atomic E-state index is 12.4. The minimum absolute atomic E-state index is 0.0887. The third kappa shape index (κ3) is 5.72. The molecule has 5 nitrogen and oxygen atoms in total. The normalized spacial score (nSPS) is 14.6. The zero-order valence-electron chi connectivity index (χ0n) is 15.0. The minimum atomic E-state index is -0.0887. The lowest BCUT2D eigenvalue weighted by molar-refractivity contribution is 0.0640. The summed E-state index contributed by atoms with van der Waals surface area (Å²) in [5, 5.41) is 12.3. The fraction of sp³-hybridized carbons (Fsp3) is 0.333. The highest BCUT2D eigenvalue weighted by atomic mass is 35.5. The van der Waals surface area contributed by atoms with Crippen LogP contribution < -0.4 is 5.32 Å². The Bertz CT molecular complexity index is 809. The van der Waals surface area contributed by atoms with Gasteiger partial charge in [-0.2, -0.15) is 5.26 Å². The number of carbonyl (C=O) groups excluding carboxylic acids is 1. The number of anilines is 1. The molecule has 3 rings (SSSR count). The highest BCUT2D eigenvalue weighted by Gasteiger charge is 2.23. The molecule has 6 heteroatoms. The van der Waals surface area contributed by atoms with Crippen molar-refractivity contribution in [3.63, 3.8) is 0 Å². The number of ether oxygens (including phenoxy) is 1. The average Bonchev–Trinajstić information content (AvgIpc) is 2.69. The number of halogens is 1. The predicted octanol–water partition coefficient (Wildman–Crippen LogP) is 4.67. The van der Waals surface area contributed by atoms with Gasteiger partial charge in [-0.25, -0.2) is 4.79 Å². The van der Waals surface area contributed by atoms with Crippen LogP contribution in [0.4, 0.5) is 10.5 Å². The van der Waals surface area contributed by atoms with Crippen molar-refractivity contribution in [1.29, 1.82) is 5.26 Å². The molecule has 0 unspecified atom stereocenters. The van der Waals surface area contributed by atoms with Crippen molar-refractivity contribution in [3.8, 4) is 6.07 Å². The van der Waals surface area contributed by atoms with E-state index in [-0.39, 0.29) is 6.03 Å². The molecule has 1 aliphatic heterocycles. The maximum Gasteiger partial charge on any atom is 0.321 e. The molecule has 1 heterocycles. The predicted molar refractivity (Wildman–Crippen MR) is 106 cm³/mol. The van der Waals surface area contributed by atoms with Gasteiger partial charge >= 0.3 is 6.03 Å². The molecule has 0 aromatic heterocycles. The second-order valence-corrected chi connectivity index (χ2v) is 7.13. The highest BCUT2D eigenvalue weighted by molar-refractivity contribution is 6.30. The van der Waals surface area contributed by atoms with E-state index in [1.165, 1.54) is 0 Å². The van der Waals surface area contributed by atoms with Gasteiger partial charge in [-0.3, -0.25) is 0 Å². The van der Waals surface area contributed by atoms with Crippen LogP contribution in [0.2, 0.25) is 5.02 Å². The molecule has 1 aliphatic rings. The Morgan fingerprint density at radius 2 is 1.96 bits per heavy atom. The van der Waals surface area contributed by atoms with E-state index in [1.807, 2.05) is 29.2 Å². The second kappa shape index (κ2) is 9.40. The Hall–Kier alpha value is -2.55. The quantitative estimate of drug-likeness (QED) is 0.815. The fourth-order valence-electron chi connectivity index (χ4n) is 3.09. The lowest BCUT2D eigenvalue weighted by Gasteiger charge is -2.31. The van der Waals surface area contributed by atoms with E-state index in [2.05, 4.69) is 11.4 Å². The number of carbonyl (C=O) groups is 1. The van der Waals surface area contributed by atoms with E-state index in [0.717, 1.165) is 31.5 Å². The SMILES string of the molecule is N#Cc1ccc(COCC2CCN(C(=O)Nc3cccc(Cl)c3)CC2)cc1. The van der Waals surface area contributed by atoms with Crippen LogP contribution in [0.1, 0.15) is 24.0 Å². The lowest BCUT2D eigenvalue weighted by Crippen LogP contribution is -2.41. The average molecular weight is 384 g/mol. The minimum Gasteiger partial charge on any atom is -0.376 e. The molecule has 27 heavy (non-hydrogen) atoms. The van der Waals surface area contributed by atoms with Gasteiger partial charge < -0.3 is 15.0 Å². The van der Waals surface area contributed by atoms with Crippen LogP contribution in [0.5, 0.6) is 0 Å². The molecule has 0 spiro atoms.